The van der Waals surface area contributed by atoms with Gasteiger partial charge in [-0.3, -0.25) is 9.36 Å². The first kappa shape index (κ1) is 18.3. The van der Waals surface area contributed by atoms with Crippen LogP contribution in [-0.2, 0) is 16.0 Å². The molecule has 0 aliphatic carbocycles. The second-order valence-electron chi connectivity index (χ2n) is 6.46. The first-order valence-corrected chi connectivity index (χ1v) is 8.78. The van der Waals surface area contributed by atoms with E-state index in [1.807, 2.05) is 12.1 Å². The molecule has 0 N–H and O–H groups in total. The number of rotatable bonds is 4. The second kappa shape index (κ2) is 7.03. The maximum Gasteiger partial charge on any atom is 0.329 e. The van der Waals surface area contributed by atoms with Gasteiger partial charge in [-0.1, -0.05) is 30.4 Å². The van der Waals surface area contributed by atoms with Gasteiger partial charge in [-0.25, -0.2) is 4.79 Å². The zero-order chi connectivity index (χ0) is 19.0. The molecule has 0 spiro atoms. The lowest BCUT2D eigenvalue weighted by atomic mass is 9.96. The second-order valence-corrected chi connectivity index (χ2v) is 6.95. The van der Waals surface area contributed by atoms with Crippen LogP contribution in [0.2, 0.25) is 0 Å². The van der Waals surface area contributed by atoms with Gasteiger partial charge in [-0.05, 0) is 30.5 Å². The van der Waals surface area contributed by atoms with Crippen LogP contribution in [0.4, 0.5) is 0 Å². The number of hydrogen-bond acceptors (Lipinski definition) is 5. The van der Waals surface area contributed by atoms with Gasteiger partial charge in [-0.2, -0.15) is 0 Å². The fourth-order valence-electron chi connectivity index (χ4n) is 3.48. The molecule has 0 saturated carbocycles. The van der Waals surface area contributed by atoms with E-state index in [0.717, 1.165) is 11.1 Å². The third-order valence-electron chi connectivity index (χ3n) is 5.01. The van der Waals surface area contributed by atoms with E-state index in [-0.39, 0.29) is 12.0 Å². The number of hydrogen-bond donors (Lipinski definition) is 0. The van der Waals surface area contributed by atoms with Gasteiger partial charge in [-0.15, -0.1) is 0 Å². The lowest BCUT2D eigenvalue weighted by Crippen LogP contribution is -2.29. The van der Waals surface area contributed by atoms with Gasteiger partial charge < -0.3 is 9.47 Å². The van der Waals surface area contributed by atoms with Gasteiger partial charge in [0.2, 0.25) is 0 Å². The van der Waals surface area contributed by atoms with E-state index in [2.05, 4.69) is 19.9 Å². The highest BCUT2D eigenvalue weighted by molar-refractivity contribution is 7.80. The van der Waals surface area contributed by atoms with E-state index in [9.17, 15) is 9.59 Å². The van der Waals surface area contributed by atoms with Crippen LogP contribution in [0.3, 0.4) is 0 Å². The lowest BCUT2D eigenvalue weighted by molar-refractivity contribution is -0.144. The zero-order valence-corrected chi connectivity index (χ0v) is 16.1. The summed E-state index contributed by atoms with van der Waals surface area (Å²) in [6.07, 6.45) is 0.839. The van der Waals surface area contributed by atoms with Gasteiger partial charge in [0.15, 0.2) is 0 Å². The predicted octanol–water partition coefficient (Wildman–Crippen LogP) is 2.90. The van der Waals surface area contributed by atoms with E-state index in [1.165, 1.54) is 28.9 Å². The average Bonchev–Trinajstić information content (AvgIpc) is 2.97. The van der Waals surface area contributed by atoms with Gasteiger partial charge in [0.05, 0.1) is 14.2 Å². The molecule has 5 nitrogen and oxygen atoms in total. The van der Waals surface area contributed by atoms with Gasteiger partial charge in [0.1, 0.15) is 17.5 Å². The number of fused-ring (bicyclic) bond motifs is 1. The largest absolute Gasteiger partial charge is 0.494 e. The number of benzene rings is 1. The molecule has 136 valence electrons. The Morgan fingerprint density at radius 2 is 2.00 bits per heavy atom. The zero-order valence-electron chi connectivity index (χ0n) is 15.3. The minimum Gasteiger partial charge on any atom is -0.494 e. The summed E-state index contributed by atoms with van der Waals surface area (Å²) >= 11 is 5.45. The topological polar surface area (TPSA) is 57.5 Å². The van der Waals surface area contributed by atoms with Crippen molar-refractivity contribution in [1.82, 2.24) is 4.57 Å². The summed E-state index contributed by atoms with van der Waals surface area (Å²) in [5.41, 5.74) is 4.53. The van der Waals surface area contributed by atoms with Crippen LogP contribution in [0, 0.1) is 13.8 Å². The van der Waals surface area contributed by atoms with Crippen LogP contribution < -0.4 is 10.3 Å². The summed E-state index contributed by atoms with van der Waals surface area (Å²) in [5.74, 6) is 0.0828. The lowest BCUT2D eigenvalue weighted by Gasteiger charge is -2.17. The number of thiocarbonyl (C=S) groups is 1. The molecule has 1 aliphatic heterocycles. The molecule has 0 unspecified atom stereocenters. The molecule has 0 amide bonds. The van der Waals surface area contributed by atoms with Gasteiger partial charge >= 0.3 is 5.97 Å². The van der Waals surface area contributed by atoms with Crippen molar-refractivity contribution in [2.45, 2.75) is 32.7 Å². The highest BCUT2D eigenvalue weighted by atomic mass is 32.1. The number of methoxy groups -OCH3 is 2. The molecule has 0 bridgehead atoms. The van der Waals surface area contributed by atoms with Crippen LogP contribution in [-0.4, -0.2) is 29.6 Å². The molecule has 0 radical (unpaired) electrons. The van der Waals surface area contributed by atoms with Crippen molar-refractivity contribution in [3.63, 3.8) is 0 Å². The third kappa shape index (κ3) is 2.94. The van der Waals surface area contributed by atoms with E-state index < -0.39 is 12.0 Å². The standard InChI is InChI=1S/C20H21NO4S/c1-11-6-5-7-13(12(11)2)8-14-9-17(22)21-15(20(23)25-4)10-16(26)18(21)19(14)24-3/h5-7,9,15H,8,10H2,1-4H3/t15-/m1/s1. The summed E-state index contributed by atoms with van der Waals surface area (Å²) in [7, 11) is 2.86. The number of carbonyl (C=O) groups is 1. The third-order valence-corrected chi connectivity index (χ3v) is 5.37. The number of pyridine rings is 1. The Balaban J connectivity index is 2.15. The molecule has 0 fully saturated rings. The summed E-state index contributed by atoms with van der Waals surface area (Å²) < 4.78 is 11.8. The average molecular weight is 371 g/mol. The number of aromatic nitrogens is 1. The number of ether oxygens (including phenoxy) is 2. The molecule has 1 aliphatic rings. The monoisotopic (exact) mass is 371 g/mol. The molecule has 0 saturated heterocycles. The highest BCUT2D eigenvalue weighted by Gasteiger charge is 2.36. The highest BCUT2D eigenvalue weighted by Crippen LogP contribution is 2.35. The maximum absolute atomic E-state index is 12.8. The number of nitrogens with zero attached hydrogens (tertiary/aromatic N) is 1. The fraction of sp³-hybridized carbons (Fsp3) is 0.350. The van der Waals surface area contributed by atoms with E-state index in [1.54, 1.807) is 7.11 Å². The van der Waals surface area contributed by atoms with Crippen LogP contribution >= 0.6 is 12.2 Å². The summed E-state index contributed by atoms with van der Waals surface area (Å²) in [4.78, 5) is 25.3. The van der Waals surface area contributed by atoms with Gasteiger partial charge in [0.25, 0.3) is 5.56 Å². The minimum absolute atomic E-state index is 0.267. The van der Waals surface area contributed by atoms with Crippen molar-refractivity contribution in [1.29, 1.82) is 0 Å². The van der Waals surface area contributed by atoms with Crippen LogP contribution in [0.1, 0.15) is 40.4 Å². The van der Waals surface area contributed by atoms with Crippen LogP contribution in [0.25, 0.3) is 0 Å². The normalized spacial score (nSPS) is 15.7. The smallest absolute Gasteiger partial charge is 0.329 e. The Kier molecular flexibility index (Phi) is 4.96. The molecule has 6 heteroatoms. The van der Waals surface area contributed by atoms with E-state index >= 15 is 0 Å². The SMILES string of the molecule is COC(=O)[C@H]1CC(=S)c2c(OC)c(Cc3cccc(C)c3C)cc(=O)n21. The quantitative estimate of drug-likeness (QED) is 0.611. The first-order valence-electron chi connectivity index (χ1n) is 8.37. The molecule has 1 aromatic carbocycles. The number of esters is 1. The Hall–Kier alpha value is -2.47. The van der Waals surface area contributed by atoms with Crippen molar-refractivity contribution >= 4 is 23.1 Å². The Morgan fingerprint density at radius 3 is 2.65 bits per heavy atom. The van der Waals surface area contributed by atoms with Gasteiger partial charge in [0, 0.05) is 29.3 Å². The van der Waals surface area contributed by atoms with E-state index in [4.69, 9.17) is 21.7 Å². The molecule has 2 aromatic rings. The molecule has 3 rings (SSSR count). The first-order chi connectivity index (χ1) is 12.4. The fourth-order valence-corrected chi connectivity index (χ4v) is 3.83. The molecule has 1 aromatic heterocycles. The number of carbonyl (C=O) groups excluding carboxylic acids is 1. The maximum atomic E-state index is 12.8. The number of aryl methyl sites for hydroxylation is 1. The molecule has 1 atom stereocenters. The van der Waals surface area contributed by atoms with Crippen LogP contribution in [0.5, 0.6) is 5.75 Å². The van der Waals surface area contributed by atoms with Crippen molar-refractivity contribution in [3.05, 3.63) is 62.6 Å². The van der Waals surface area contributed by atoms with Crippen molar-refractivity contribution < 1.29 is 14.3 Å². The Morgan fingerprint density at radius 1 is 1.27 bits per heavy atom. The summed E-state index contributed by atoms with van der Waals surface area (Å²) in [6, 6.07) is 6.92. The van der Waals surface area contributed by atoms with Crippen molar-refractivity contribution in [2.75, 3.05) is 14.2 Å². The van der Waals surface area contributed by atoms with Crippen molar-refractivity contribution in [2.24, 2.45) is 0 Å². The predicted molar refractivity (Wildman–Crippen MR) is 103 cm³/mol. The van der Waals surface area contributed by atoms with Crippen LogP contribution in [0.15, 0.2) is 29.1 Å². The molecule has 26 heavy (non-hydrogen) atoms. The Bertz CT molecular complexity index is 961. The van der Waals surface area contributed by atoms with E-state index in [0.29, 0.717) is 22.7 Å². The molecular formula is C20H21NO4S. The molecular weight excluding hydrogens is 350 g/mol. The summed E-state index contributed by atoms with van der Waals surface area (Å²) in [5, 5.41) is 0. The summed E-state index contributed by atoms with van der Waals surface area (Å²) in [6.45, 7) is 4.12. The van der Waals surface area contributed by atoms with Crippen molar-refractivity contribution in [3.8, 4) is 5.75 Å². The minimum atomic E-state index is -0.723. The molecule has 2 heterocycles. The Labute approximate surface area is 157 Å².